The van der Waals surface area contributed by atoms with Crippen molar-refractivity contribution in [3.63, 3.8) is 0 Å². The van der Waals surface area contributed by atoms with E-state index in [2.05, 4.69) is 6.58 Å². The van der Waals surface area contributed by atoms with Gasteiger partial charge in [0.05, 0.1) is 0 Å². The lowest BCUT2D eigenvalue weighted by atomic mass is 9.66. The summed E-state index contributed by atoms with van der Waals surface area (Å²) in [4.78, 5) is 11.7. The number of aliphatic hydroxyl groups excluding tert-OH is 1. The molecule has 0 amide bonds. The molecule has 5 unspecified atom stereocenters. The van der Waals surface area contributed by atoms with Gasteiger partial charge in [-0.15, -0.1) is 0 Å². The molecule has 0 saturated heterocycles. The molecule has 0 radical (unpaired) electrons. The summed E-state index contributed by atoms with van der Waals surface area (Å²) in [6, 6.07) is 0. The van der Waals surface area contributed by atoms with Gasteiger partial charge in [-0.25, -0.2) is 4.79 Å². The smallest absolute Gasteiger partial charge is 0.330 e. The molecule has 0 aromatic rings. The fraction of sp³-hybridized carbons (Fsp3) is 0.833. The maximum Gasteiger partial charge on any atom is 0.330 e. The summed E-state index contributed by atoms with van der Waals surface area (Å²) in [5.74, 6) is 2.30. The fourth-order valence-electron chi connectivity index (χ4n) is 5.95. The van der Waals surface area contributed by atoms with Crippen LogP contribution in [0.3, 0.4) is 0 Å². The first-order valence-electron chi connectivity index (χ1n) is 8.48. The van der Waals surface area contributed by atoms with Crippen LogP contribution >= 0.6 is 0 Å². The van der Waals surface area contributed by atoms with Crippen molar-refractivity contribution in [2.45, 2.75) is 63.9 Å². The molecule has 3 heteroatoms. The SMILES string of the molecule is C=CC(=O)OC(C)(CCO)CC12CCC(C1)C1CCCC12. The number of ether oxygens (including phenoxy) is 1. The number of carbonyl (C=O) groups excluding carboxylic acids is 1. The van der Waals surface area contributed by atoms with Crippen molar-refractivity contribution in [1.29, 1.82) is 0 Å². The Labute approximate surface area is 127 Å². The zero-order chi connectivity index (χ0) is 15.1. The Kier molecular flexibility index (Phi) is 3.89. The Bertz CT molecular complexity index is 432. The minimum atomic E-state index is -0.549. The summed E-state index contributed by atoms with van der Waals surface area (Å²) in [5, 5.41) is 9.40. The fourth-order valence-corrected chi connectivity index (χ4v) is 5.95. The third kappa shape index (κ3) is 2.54. The average molecular weight is 292 g/mol. The Hall–Kier alpha value is -0.830. The summed E-state index contributed by atoms with van der Waals surface area (Å²) in [7, 11) is 0. The van der Waals surface area contributed by atoms with Gasteiger partial charge in [0.25, 0.3) is 0 Å². The highest BCUT2D eigenvalue weighted by atomic mass is 16.6. The van der Waals surface area contributed by atoms with Crippen LogP contribution in [-0.4, -0.2) is 23.3 Å². The van der Waals surface area contributed by atoms with Gasteiger partial charge in [-0.2, -0.15) is 0 Å². The lowest BCUT2D eigenvalue weighted by molar-refractivity contribution is -0.158. The van der Waals surface area contributed by atoms with E-state index >= 15 is 0 Å². The third-order valence-corrected chi connectivity index (χ3v) is 6.52. The summed E-state index contributed by atoms with van der Waals surface area (Å²) in [6.07, 6.45) is 10.8. The van der Waals surface area contributed by atoms with Crippen LogP contribution < -0.4 is 0 Å². The molecule has 2 bridgehead atoms. The third-order valence-electron chi connectivity index (χ3n) is 6.52. The second-order valence-electron chi connectivity index (χ2n) is 7.79. The summed E-state index contributed by atoms with van der Waals surface area (Å²) < 4.78 is 5.67. The molecule has 3 nitrogen and oxygen atoms in total. The van der Waals surface area contributed by atoms with Gasteiger partial charge in [0.15, 0.2) is 0 Å². The molecule has 0 heterocycles. The molecule has 0 spiro atoms. The molecule has 0 aromatic heterocycles. The summed E-state index contributed by atoms with van der Waals surface area (Å²) >= 11 is 0. The van der Waals surface area contributed by atoms with Crippen molar-refractivity contribution in [2.24, 2.45) is 23.2 Å². The summed E-state index contributed by atoms with van der Waals surface area (Å²) in [6.45, 7) is 5.56. The van der Waals surface area contributed by atoms with Gasteiger partial charge in [0.1, 0.15) is 5.60 Å². The predicted octanol–water partition coefficient (Wildman–Crippen LogP) is 3.46. The van der Waals surface area contributed by atoms with Crippen LogP contribution in [0.5, 0.6) is 0 Å². The lowest BCUT2D eigenvalue weighted by Crippen LogP contribution is -2.41. The van der Waals surface area contributed by atoms with E-state index in [1.54, 1.807) is 0 Å². The number of fused-ring (bicyclic) bond motifs is 5. The number of hydrogen-bond acceptors (Lipinski definition) is 3. The quantitative estimate of drug-likeness (QED) is 0.602. The van der Waals surface area contributed by atoms with E-state index in [-0.39, 0.29) is 12.6 Å². The van der Waals surface area contributed by atoms with Crippen LogP contribution in [0, 0.1) is 23.2 Å². The van der Waals surface area contributed by atoms with Gasteiger partial charge in [-0.1, -0.05) is 13.0 Å². The number of carbonyl (C=O) groups is 1. The van der Waals surface area contributed by atoms with Crippen LogP contribution in [0.2, 0.25) is 0 Å². The first-order valence-corrected chi connectivity index (χ1v) is 8.48. The Morgan fingerprint density at radius 2 is 2.29 bits per heavy atom. The Morgan fingerprint density at radius 1 is 1.48 bits per heavy atom. The molecular weight excluding hydrogens is 264 g/mol. The zero-order valence-electron chi connectivity index (χ0n) is 13.1. The van der Waals surface area contributed by atoms with E-state index in [1.165, 1.54) is 44.6 Å². The molecule has 3 aliphatic rings. The van der Waals surface area contributed by atoms with Crippen molar-refractivity contribution in [3.8, 4) is 0 Å². The van der Waals surface area contributed by atoms with Crippen LogP contribution in [0.4, 0.5) is 0 Å². The van der Waals surface area contributed by atoms with Crippen LogP contribution in [0.15, 0.2) is 12.7 Å². The van der Waals surface area contributed by atoms with Crippen molar-refractivity contribution < 1.29 is 14.6 Å². The average Bonchev–Trinajstić information content (AvgIpc) is 3.09. The maximum absolute atomic E-state index is 11.7. The summed E-state index contributed by atoms with van der Waals surface area (Å²) in [5.41, 5.74) is -0.191. The molecule has 0 aromatic carbocycles. The maximum atomic E-state index is 11.7. The second kappa shape index (κ2) is 5.42. The largest absolute Gasteiger partial charge is 0.456 e. The van der Waals surface area contributed by atoms with E-state index in [0.717, 1.165) is 24.2 Å². The lowest BCUT2D eigenvalue weighted by Gasteiger charge is -2.42. The van der Waals surface area contributed by atoms with Crippen LogP contribution in [-0.2, 0) is 9.53 Å². The number of rotatable bonds is 6. The van der Waals surface area contributed by atoms with Gasteiger partial charge in [-0.05, 0) is 68.6 Å². The topological polar surface area (TPSA) is 46.5 Å². The van der Waals surface area contributed by atoms with E-state index < -0.39 is 5.60 Å². The van der Waals surface area contributed by atoms with E-state index in [4.69, 9.17) is 4.74 Å². The van der Waals surface area contributed by atoms with Gasteiger partial charge < -0.3 is 9.84 Å². The molecule has 3 rings (SSSR count). The predicted molar refractivity (Wildman–Crippen MR) is 81.6 cm³/mol. The van der Waals surface area contributed by atoms with Gasteiger partial charge in [0.2, 0.25) is 0 Å². The van der Waals surface area contributed by atoms with Gasteiger partial charge in [0, 0.05) is 19.1 Å². The van der Waals surface area contributed by atoms with Gasteiger partial charge in [-0.3, -0.25) is 0 Å². The molecule has 1 N–H and O–H groups in total. The van der Waals surface area contributed by atoms with Crippen molar-refractivity contribution >= 4 is 5.97 Å². The Balaban J connectivity index is 1.78. The highest BCUT2D eigenvalue weighted by molar-refractivity contribution is 5.81. The second-order valence-corrected chi connectivity index (χ2v) is 7.79. The zero-order valence-corrected chi connectivity index (χ0v) is 13.1. The first kappa shape index (κ1) is 15.1. The molecule has 3 saturated carbocycles. The molecule has 21 heavy (non-hydrogen) atoms. The Morgan fingerprint density at radius 3 is 3.00 bits per heavy atom. The van der Waals surface area contributed by atoms with Crippen molar-refractivity contribution in [3.05, 3.63) is 12.7 Å². The molecule has 3 fully saturated rings. The molecule has 118 valence electrons. The van der Waals surface area contributed by atoms with E-state index in [9.17, 15) is 9.90 Å². The van der Waals surface area contributed by atoms with E-state index in [0.29, 0.717) is 11.8 Å². The number of aliphatic hydroxyl groups is 1. The van der Waals surface area contributed by atoms with Crippen molar-refractivity contribution in [2.75, 3.05) is 6.61 Å². The van der Waals surface area contributed by atoms with Crippen LogP contribution in [0.1, 0.15) is 58.3 Å². The monoisotopic (exact) mass is 292 g/mol. The highest BCUT2D eigenvalue weighted by Crippen LogP contribution is 2.68. The standard InChI is InChI=1S/C18H28O3/c1-3-16(20)21-17(2,9-10-19)12-18-8-7-13(11-18)14-5-4-6-15(14)18/h3,13-15,19H,1,4-12H2,2H3. The number of hydrogen-bond donors (Lipinski definition) is 1. The number of esters is 1. The van der Waals surface area contributed by atoms with Crippen LogP contribution in [0.25, 0.3) is 0 Å². The molecule has 3 aliphatic carbocycles. The van der Waals surface area contributed by atoms with E-state index in [1.807, 2.05) is 6.92 Å². The normalized spacial score (nSPS) is 39.8. The first-order chi connectivity index (χ1) is 10.0. The molecular formula is C18H28O3. The highest BCUT2D eigenvalue weighted by Gasteiger charge is 2.60. The molecule has 5 atom stereocenters. The minimum Gasteiger partial charge on any atom is -0.456 e. The van der Waals surface area contributed by atoms with Gasteiger partial charge >= 0.3 is 5.97 Å². The molecule has 0 aliphatic heterocycles. The van der Waals surface area contributed by atoms with Crippen molar-refractivity contribution in [1.82, 2.24) is 0 Å². The minimum absolute atomic E-state index is 0.0640.